The molecule has 64 heavy (non-hydrogen) atoms. The lowest BCUT2D eigenvalue weighted by molar-refractivity contribution is -0.143. The maximum atomic E-state index is 13.8. The van der Waals surface area contributed by atoms with Gasteiger partial charge in [-0.05, 0) is 77.0 Å². The van der Waals surface area contributed by atoms with Crippen LogP contribution in [0.15, 0.2) is 0 Å². The topological polar surface area (TPSA) is 279 Å². The first-order valence-corrected chi connectivity index (χ1v) is 23.2. The van der Waals surface area contributed by atoms with Crippen molar-refractivity contribution in [3.05, 3.63) is 0 Å². The van der Waals surface area contributed by atoms with Crippen LogP contribution in [-0.2, 0) is 38.4 Å². The summed E-state index contributed by atoms with van der Waals surface area (Å²) < 4.78 is 0. The number of aliphatic hydroxyl groups excluding tert-OH is 4. The first-order valence-electron chi connectivity index (χ1n) is 23.2. The van der Waals surface area contributed by atoms with Crippen LogP contribution in [0.3, 0.4) is 0 Å². The van der Waals surface area contributed by atoms with Gasteiger partial charge in [0.25, 0.3) is 0 Å². The molecule has 360 valence electrons. The highest BCUT2D eigenvalue weighted by Gasteiger charge is 2.41. The zero-order valence-corrected chi connectivity index (χ0v) is 37.9. The lowest BCUT2D eigenvalue weighted by Crippen LogP contribution is -2.57. The minimum absolute atomic E-state index is 0.246. The Balaban J connectivity index is 1.37. The molecule has 4 aliphatic carbocycles. The van der Waals surface area contributed by atoms with Crippen molar-refractivity contribution in [2.75, 3.05) is 54.6 Å². The number of nitrogens with one attached hydrogen (secondary N) is 4. The summed E-state index contributed by atoms with van der Waals surface area (Å²) in [7, 11) is 6.23. The minimum Gasteiger partial charge on any atom is -0.394 e. The highest BCUT2D eigenvalue weighted by Crippen LogP contribution is 2.32. The molecule has 0 aromatic heterocycles. The summed E-state index contributed by atoms with van der Waals surface area (Å²) in [6, 6.07) is -6.75. The zero-order valence-electron chi connectivity index (χ0n) is 37.9. The van der Waals surface area contributed by atoms with Crippen LogP contribution in [0.2, 0.25) is 0 Å². The van der Waals surface area contributed by atoms with Gasteiger partial charge in [-0.2, -0.15) is 0 Å². The van der Waals surface area contributed by atoms with Gasteiger partial charge in [0.1, 0.15) is 24.2 Å². The van der Waals surface area contributed by atoms with Crippen molar-refractivity contribution in [1.82, 2.24) is 40.9 Å². The molecule has 0 aromatic carbocycles. The van der Waals surface area contributed by atoms with Crippen LogP contribution in [0.4, 0.5) is 0 Å². The monoisotopic (exact) mass is 905 g/mol. The van der Waals surface area contributed by atoms with E-state index in [0.717, 1.165) is 0 Å². The average Bonchev–Trinajstić information content (AvgIpc) is 3.33. The van der Waals surface area contributed by atoms with Gasteiger partial charge in [0, 0.05) is 76.0 Å². The highest BCUT2D eigenvalue weighted by atomic mass is 16.3. The van der Waals surface area contributed by atoms with Crippen molar-refractivity contribution in [2.24, 2.45) is 23.7 Å². The van der Waals surface area contributed by atoms with Crippen LogP contribution >= 0.6 is 0 Å². The molecule has 0 radical (unpaired) electrons. The molecule has 1 aliphatic heterocycles. The van der Waals surface area contributed by atoms with E-state index in [1.165, 1.54) is 19.6 Å². The molecule has 5 rings (SSSR count). The first kappa shape index (κ1) is 50.6. The molecular weight excluding hydrogens is 833 g/mol. The van der Waals surface area contributed by atoms with Crippen molar-refractivity contribution in [3.8, 4) is 0 Å². The van der Waals surface area contributed by atoms with E-state index in [1.807, 2.05) is 0 Å². The molecule has 0 unspecified atom stereocenters. The van der Waals surface area contributed by atoms with E-state index < -0.39 is 146 Å². The molecule has 5 fully saturated rings. The third-order valence-electron chi connectivity index (χ3n) is 14.8. The fraction of sp³-hybridized carbons (Fsp3) is 0.818. The Kier molecular flexibility index (Phi) is 18.3. The third-order valence-corrected chi connectivity index (χ3v) is 14.8. The summed E-state index contributed by atoms with van der Waals surface area (Å²) in [5, 5.41) is 52.0. The summed E-state index contributed by atoms with van der Waals surface area (Å²) in [4.78, 5) is 115. The van der Waals surface area contributed by atoms with Gasteiger partial charge in [-0.25, -0.2) is 0 Å². The molecule has 1 heterocycles. The summed E-state index contributed by atoms with van der Waals surface area (Å²) in [6.45, 7) is -2.68. The number of hydrogen-bond donors (Lipinski definition) is 8. The lowest BCUT2D eigenvalue weighted by atomic mass is 9.83. The van der Waals surface area contributed by atoms with Crippen LogP contribution in [-0.4, -0.2) is 190 Å². The largest absolute Gasteiger partial charge is 0.394 e. The van der Waals surface area contributed by atoms with Gasteiger partial charge in [0.15, 0.2) is 0 Å². The molecule has 4 saturated carbocycles. The summed E-state index contributed by atoms with van der Waals surface area (Å²) in [5.74, 6) is -6.36. The van der Waals surface area contributed by atoms with Crippen LogP contribution < -0.4 is 21.3 Å². The summed E-state index contributed by atoms with van der Waals surface area (Å²) in [5.41, 5.74) is 0. The normalized spacial score (nSPS) is 35.4. The van der Waals surface area contributed by atoms with Crippen molar-refractivity contribution in [2.45, 2.75) is 151 Å². The predicted octanol–water partition coefficient (Wildman–Crippen LogP) is -2.02. The third kappa shape index (κ3) is 12.1. The number of nitrogens with zero attached hydrogens (tertiary/aromatic N) is 4. The Hall–Kier alpha value is -4.40. The zero-order chi connectivity index (χ0) is 46.8. The standard InChI is InChI=1S/C44H72N8O12/c1-49-29-13-5-9-25(17-29)37(57)46-34(22-54)42(62)51(3)31-15-7-11-27(19-31)39(59)48-36(24-56)44(64)52(4)32-16-8-12-28(20-32)40(60)47-35(23-55)43(63)50(2)30-14-6-10-26(18-30)38(58)45-33(21-53)41(49)61/h25-36,53-56H,5-24H2,1-4H3,(H,45,58)(H,46,57)(H,47,60)(H,48,59)/t25-,26-,27-,28-,29+,30+,31+,32+,33-,34-,35-,36-/m1/s1. The van der Waals surface area contributed by atoms with Gasteiger partial charge in [-0.1, -0.05) is 25.7 Å². The van der Waals surface area contributed by atoms with Crippen LogP contribution in [0.5, 0.6) is 0 Å². The van der Waals surface area contributed by atoms with E-state index in [4.69, 9.17) is 0 Å². The molecule has 8 amide bonds. The second-order valence-electron chi connectivity index (χ2n) is 18.8. The smallest absolute Gasteiger partial charge is 0.247 e. The second kappa shape index (κ2) is 23.2. The second-order valence-corrected chi connectivity index (χ2v) is 18.8. The average molecular weight is 905 g/mol. The molecule has 20 nitrogen and oxygen atoms in total. The number of carbonyl (C=O) groups is 8. The van der Waals surface area contributed by atoms with Gasteiger partial charge >= 0.3 is 0 Å². The van der Waals surface area contributed by atoms with E-state index in [9.17, 15) is 58.8 Å². The lowest BCUT2D eigenvalue weighted by Gasteiger charge is -2.39. The molecular formula is C44H72N8O12. The van der Waals surface area contributed by atoms with Gasteiger partial charge in [0.05, 0.1) is 26.4 Å². The highest BCUT2D eigenvalue weighted by molar-refractivity contribution is 5.92. The van der Waals surface area contributed by atoms with E-state index in [2.05, 4.69) is 21.3 Å². The maximum absolute atomic E-state index is 13.8. The van der Waals surface area contributed by atoms with Gasteiger partial charge in [-0.3, -0.25) is 38.4 Å². The fourth-order valence-corrected chi connectivity index (χ4v) is 10.6. The van der Waals surface area contributed by atoms with Crippen LogP contribution in [0.1, 0.15) is 103 Å². The van der Waals surface area contributed by atoms with Crippen molar-refractivity contribution >= 4 is 47.3 Å². The van der Waals surface area contributed by atoms with Gasteiger partial charge in [0.2, 0.25) is 47.3 Å². The fourth-order valence-electron chi connectivity index (χ4n) is 10.6. The number of aliphatic hydroxyl groups is 4. The minimum atomic E-state index is -1.26. The van der Waals surface area contributed by atoms with Crippen molar-refractivity contribution in [1.29, 1.82) is 0 Å². The van der Waals surface area contributed by atoms with E-state index >= 15 is 0 Å². The molecule has 20 heteroatoms. The molecule has 8 bridgehead atoms. The molecule has 0 aromatic rings. The quantitative estimate of drug-likeness (QED) is 0.152. The van der Waals surface area contributed by atoms with E-state index in [-0.39, 0.29) is 25.7 Å². The number of hydrogen-bond acceptors (Lipinski definition) is 12. The van der Waals surface area contributed by atoms with E-state index in [0.29, 0.717) is 77.0 Å². The van der Waals surface area contributed by atoms with Crippen LogP contribution in [0.25, 0.3) is 0 Å². The maximum Gasteiger partial charge on any atom is 0.247 e. The molecule has 8 N–H and O–H groups in total. The van der Waals surface area contributed by atoms with Gasteiger partial charge in [-0.15, -0.1) is 0 Å². The SMILES string of the molecule is CN1C(=O)[C@@H](CO)NC(=O)[C@@H]2CCC[C@@H](C2)N(C)C(=O)[C@@H](CO)NC(=O)[C@@H]2CCC[C@@H](C2)N(C)C(=O)[C@@H](CO)NC(=O)[C@@H]2CCC[C@@H](C2)N(C)C(=O)[C@@H](CO)NC(=O)[C@@H]2CCC[C@H]1C2. The Bertz CT molecular complexity index is 1460. The van der Waals surface area contributed by atoms with Crippen molar-refractivity contribution < 1.29 is 58.8 Å². The number of rotatable bonds is 4. The Morgan fingerprint density at radius 2 is 0.547 bits per heavy atom. The summed E-state index contributed by atoms with van der Waals surface area (Å²) >= 11 is 0. The molecule has 1 saturated heterocycles. The van der Waals surface area contributed by atoms with Crippen molar-refractivity contribution in [3.63, 3.8) is 0 Å². The Morgan fingerprint density at radius 3 is 0.719 bits per heavy atom. The van der Waals surface area contributed by atoms with Crippen LogP contribution in [0, 0.1) is 23.7 Å². The number of likely N-dealkylation sites (N-methyl/N-ethyl adjacent to an activating group) is 4. The molecule has 0 spiro atoms. The van der Waals surface area contributed by atoms with E-state index in [1.54, 1.807) is 28.2 Å². The Labute approximate surface area is 375 Å². The van der Waals surface area contributed by atoms with Gasteiger partial charge < -0.3 is 61.3 Å². The molecule has 5 aliphatic rings. The number of carbonyl (C=O) groups excluding carboxylic acids is 8. The number of fused-ring (bicyclic) bond motifs is 8. The first-order chi connectivity index (χ1) is 30.5. The number of amides is 8. The predicted molar refractivity (Wildman–Crippen MR) is 230 cm³/mol. The Morgan fingerprint density at radius 1 is 0.359 bits per heavy atom. The summed E-state index contributed by atoms with van der Waals surface area (Å²) in [6.07, 6.45) is 7.46. The molecule has 12 atom stereocenters.